The van der Waals surface area contributed by atoms with E-state index in [0.717, 1.165) is 25.7 Å². The molecule has 4 amide bonds. The fourth-order valence-corrected chi connectivity index (χ4v) is 14.6. The number of alkyl halides is 6. The van der Waals surface area contributed by atoms with Gasteiger partial charge < -0.3 is 30.5 Å². The van der Waals surface area contributed by atoms with E-state index in [1.807, 2.05) is 17.0 Å². The number of aldehydes is 1. The number of benzene rings is 6. The molecule has 2 unspecified atom stereocenters. The number of piperidine rings is 2. The van der Waals surface area contributed by atoms with E-state index in [2.05, 4.69) is 30.9 Å². The number of nitrogens with zero attached hydrogens (tertiary/aromatic N) is 8. The molecule has 552 valence electrons. The quantitative estimate of drug-likeness (QED) is 0.0517. The van der Waals surface area contributed by atoms with Crippen LogP contribution in [0.15, 0.2) is 192 Å². The van der Waals surface area contributed by atoms with Crippen molar-refractivity contribution >= 4 is 118 Å². The van der Waals surface area contributed by atoms with Gasteiger partial charge in [0.15, 0.2) is 0 Å². The molecular weight excluding hydrogens is 1450 g/mol. The first kappa shape index (κ1) is 77.2. The molecule has 0 spiro atoms. The van der Waals surface area contributed by atoms with Crippen LogP contribution in [0.3, 0.4) is 0 Å². The molecule has 32 heteroatoms. The molecule has 2 atom stereocenters. The molecule has 4 aromatic heterocycles. The molecule has 6 heterocycles. The summed E-state index contributed by atoms with van der Waals surface area (Å²) >= 11 is 13.2. The van der Waals surface area contributed by atoms with Gasteiger partial charge >= 0.3 is 24.4 Å². The first-order valence-electron chi connectivity index (χ1n) is 33.3. The van der Waals surface area contributed by atoms with E-state index in [1.165, 1.54) is 62.9 Å². The minimum atomic E-state index is -5.02. The number of fused-ring (bicyclic) bond motifs is 2. The number of para-hydroxylation sites is 2. The zero-order chi connectivity index (χ0) is 76.7. The van der Waals surface area contributed by atoms with Crippen LogP contribution >= 0.6 is 23.2 Å². The number of anilines is 4. The smallest absolute Gasteiger partial charge is 0.444 e. The number of rotatable bonds is 16. The highest BCUT2D eigenvalue weighted by Crippen LogP contribution is 2.38. The van der Waals surface area contributed by atoms with Crippen LogP contribution in [0.2, 0.25) is 10.0 Å². The summed E-state index contributed by atoms with van der Waals surface area (Å²) in [5.41, 5.74) is 3.47. The second kappa shape index (κ2) is 34.0. The Balaban J connectivity index is 0.000000220. The topological polar surface area (TPSA) is 279 Å². The first-order valence-corrected chi connectivity index (χ1v) is 36.3. The Morgan fingerprint density at radius 2 is 0.952 bits per heavy atom. The van der Waals surface area contributed by atoms with Crippen LogP contribution in [0.1, 0.15) is 82.4 Å². The molecule has 0 radical (unpaired) electrons. The Kier molecular flexibility index (Phi) is 25.0. The van der Waals surface area contributed by atoms with Crippen LogP contribution < -0.4 is 21.3 Å². The number of hydrogen-bond donors (Lipinski definition) is 4. The Hall–Kier alpha value is -10.4. The van der Waals surface area contributed by atoms with E-state index in [0.29, 0.717) is 108 Å². The lowest BCUT2D eigenvalue weighted by atomic mass is 9.97. The molecule has 4 N–H and O–H groups in total. The fraction of sp³-hybridized carbons (Fsp3) is 0.274. The van der Waals surface area contributed by atoms with Gasteiger partial charge in [-0.05, 0) is 143 Å². The summed E-state index contributed by atoms with van der Waals surface area (Å²) in [6, 6.07) is 42.7. The number of carbonyl (C=O) groups is 5. The Morgan fingerprint density at radius 1 is 0.581 bits per heavy atom. The van der Waals surface area contributed by atoms with Gasteiger partial charge in [-0.3, -0.25) is 24.5 Å². The zero-order valence-corrected chi connectivity index (χ0v) is 60.0. The van der Waals surface area contributed by atoms with Crippen molar-refractivity contribution in [2.24, 2.45) is 11.8 Å². The number of ether oxygens (including phenoxy) is 1. The van der Waals surface area contributed by atoms with E-state index >= 15 is 0 Å². The SMILES string of the molecule is CC(C)(C)OC(=O)Nc1ccc(C(=O)N2CCCC(CNc3ncc(Cl)c(-c4cn(S(=O)(=O)c5ccccc5)c5ccccc45)n3)C2)cc1.O=C(c1ccc(NC(=O)C(F)(F)F)cc1)N1CCCC(CNc2ncc(Cl)c(-c3cn(S(=O)(=O)c4ccccc4)c4ccccc34)n2)C1.O=CC(F)(F)F.[2H]CC. The van der Waals surface area contributed by atoms with Crippen molar-refractivity contribution in [1.82, 2.24) is 37.7 Å². The highest BCUT2D eigenvalue weighted by Gasteiger charge is 2.39. The third-order valence-electron chi connectivity index (χ3n) is 16.2. The van der Waals surface area contributed by atoms with E-state index in [-0.39, 0.29) is 60.7 Å². The van der Waals surface area contributed by atoms with Gasteiger partial charge in [-0.25, -0.2) is 49.5 Å². The molecule has 22 nitrogen and oxygen atoms in total. The monoisotopic (exact) mass is 1530 g/mol. The van der Waals surface area contributed by atoms with Gasteiger partial charge in [0.2, 0.25) is 18.2 Å². The maximum atomic E-state index is 13.6. The van der Waals surface area contributed by atoms with Crippen LogP contribution in [-0.2, 0) is 34.4 Å². The summed E-state index contributed by atoms with van der Waals surface area (Å²) in [5, 5.41) is 12.8. The molecule has 10 aromatic rings. The van der Waals surface area contributed by atoms with Gasteiger partial charge in [0, 0.05) is 97.4 Å². The van der Waals surface area contributed by atoms with Crippen molar-refractivity contribution in [3.63, 3.8) is 0 Å². The number of halogens is 8. The zero-order valence-electron chi connectivity index (χ0n) is 57.8. The highest BCUT2D eigenvalue weighted by atomic mass is 35.5. The lowest BCUT2D eigenvalue weighted by molar-refractivity contribution is -0.167. The molecule has 2 aliphatic rings. The van der Waals surface area contributed by atoms with Gasteiger partial charge in [-0.2, -0.15) is 26.3 Å². The summed E-state index contributed by atoms with van der Waals surface area (Å²) in [4.78, 5) is 80.4. The van der Waals surface area contributed by atoms with Crippen LogP contribution in [0.25, 0.3) is 44.3 Å². The van der Waals surface area contributed by atoms with Crippen molar-refractivity contribution in [2.45, 2.75) is 88.0 Å². The van der Waals surface area contributed by atoms with E-state index in [1.54, 1.807) is 153 Å². The number of nitrogens with one attached hydrogen (secondary N) is 4. The molecular formula is C73H72Cl2F6N12O10S2. The summed E-state index contributed by atoms with van der Waals surface area (Å²) in [6.45, 7) is 10.7. The molecule has 2 saturated heterocycles. The second-order valence-corrected chi connectivity index (χ2v) is 29.2. The summed E-state index contributed by atoms with van der Waals surface area (Å²) in [5.74, 6) is -1.65. The number of likely N-dealkylation sites (tertiary alicyclic amines) is 2. The van der Waals surface area contributed by atoms with Gasteiger partial charge in [0.1, 0.15) is 5.60 Å². The second-order valence-electron chi connectivity index (χ2n) is 24.8. The van der Waals surface area contributed by atoms with Gasteiger partial charge in [-0.1, -0.05) is 110 Å². The molecule has 6 aromatic carbocycles. The number of amides is 4. The molecule has 0 saturated carbocycles. The molecule has 105 heavy (non-hydrogen) atoms. The van der Waals surface area contributed by atoms with Gasteiger partial charge in [0.25, 0.3) is 31.9 Å². The minimum absolute atomic E-state index is 0.0358. The van der Waals surface area contributed by atoms with Crippen molar-refractivity contribution < 1.29 is 73.3 Å². The summed E-state index contributed by atoms with van der Waals surface area (Å²) < 4.78 is 137. The normalized spacial score (nSPS) is 14.9. The lowest BCUT2D eigenvalue weighted by Crippen LogP contribution is -2.41. The van der Waals surface area contributed by atoms with E-state index < -0.39 is 56.3 Å². The minimum Gasteiger partial charge on any atom is -0.444 e. The largest absolute Gasteiger partial charge is 0.471 e. The predicted molar refractivity (Wildman–Crippen MR) is 389 cm³/mol. The van der Waals surface area contributed by atoms with E-state index in [4.69, 9.17) is 39.1 Å². The molecule has 2 aliphatic heterocycles. The van der Waals surface area contributed by atoms with Gasteiger partial charge in [0.05, 0.1) is 54.7 Å². The summed E-state index contributed by atoms with van der Waals surface area (Å²) in [6.07, 6.45) is -1.95. The van der Waals surface area contributed by atoms with Crippen molar-refractivity contribution in [2.75, 3.05) is 60.5 Å². The predicted octanol–water partition coefficient (Wildman–Crippen LogP) is 15.5. The Labute approximate surface area is 612 Å². The average molecular weight is 1530 g/mol. The van der Waals surface area contributed by atoms with Crippen molar-refractivity contribution in [1.29, 1.82) is 0 Å². The lowest BCUT2D eigenvalue weighted by Gasteiger charge is -2.33. The third-order valence-corrected chi connectivity index (χ3v) is 20.2. The van der Waals surface area contributed by atoms with E-state index in [9.17, 15) is 62.4 Å². The first-order chi connectivity index (χ1) is 50.3. The van der Waals surface area contributed by atoms with Crippen LogP contribution in [-0.4, -0.2) is 142 Å². The molecule has 0 bridgehead atoms. The van der Waals surface area contributed by atoms with Crippen LogP contribution in [0, 0.1) is 11.8 Å². The van der Waals surface area contributed by atoms with Gasteiger partial charge in [-0.15, -0.1) is 0 Å². The maximum Gasteiger partial charge on any atom is 0.471 e. The standard InChI is InChI=1S/C36H37ClN6O5S.C33H28ClF3N6O4S.C2HF3O.C2H6/c1-36(2,3)48-35(45)40-26-17-15-25(16-18-26)33(44)42-19-9-10-24(22-42)20-38-34-39-21-30(37)32(41-34)29-23-43(31-14-8-7-13-28(29)31)49(46,47)27-11-5-4-6-12-27;34-27-18-39-32(41-29(27)26-20-43(28-11-5-4-10-25(26)28)48(46,47)24-8-2-1-3-9-24)38-17-21-7-6-16-42(19-21)30(44)22-12-14-23(15-13-22)40-31(45)33(35,36)37;3-2(4,5)1-6;1-2/h4-8,11-18,21,23-24H,9-10,19-20,22H2,1-3H3,(H,40,45)(H,38,39,41);1-5,8-15,18,20-21H,6-7,16-17,19H2,(H,40,45)(H,38,39,41);1H;1-2H3/i;;;1D. The third kappa shape index (κ3) is 20.1. The average Bonchev–Trinajstić information content (AvgIpc) is 1.60. The fourth-order valence-electron chi connectivity index (χ4n) is 11.5. The van der Waals surface area contributed by atoms with Crippen molar-refractivity contribution in [3.8, 4) is 22.5 Å². The number of hydrogen-bond acceptors (Lipinski definition) is 16. The van der Waals surface area contributed by atoms with Crippen molar-refractivity contribution in [3.05, 3.63) is 204 Å². The highest BCUT2D eigenvalue weighted by molar-refractivity contribution is 7.90. The van der Waals surface area contributed by atoms with Crippen LogP contribution in [0.4, 0.5) is 54.4 Å². The Bertz CT molecular complexity index is 5000. The number of aromatic nitrogens is 6. The summed E-state index contributed by atoms with van der Waals surface area (Å²) in [7, 11) is -7.81. The Morgan fingerprint density at radius 3 is 1.32 bits per heavy atom. The molecule has 12 rings (SSSR count). The van der Waals surface area contributed by atoms with Crippen LogP contribution in [0.5, 0.6) is 0 Å². The molecule has 2 fully saturated rings. The number of carbonyl (C=O) groups excluding carboxylic acids is 5. The molecule has 0 aliphatic carbocycles. The maximum absolute atomic E-state index is 13.6.